The first-order valence-corrected chi connectivity index (χ1v) is 10.9. The quantitative estimate of drug-likeness (QED) is 0.455. The number of methoxy groups -OCH3 is 1. The number of rotatable bonds is 11. The van der Waals surface area contributed by atoms with Crippen molar-refractivity contribution in [3.05, 3.63) is 60.7 Å². The van der Waals surface area contributed by atoms with Gasteiger partial charge in [-0.05, 0) is 29.1 Å². The Morgan fingerprint density at radius 2 is 1.28 bits per heavy atom. The van der Waals surface area contributed by atoms with Gasteiger partial charge in [0.2, 0.25) is 0 Å². The molecule has 0 aliphatic carbocycles. The van der Waals surface area contributed by atoms with E-state index in [0.29, 0.717) is 25.7 Å². The van der Waals surface area contributed by atoms with Gasteiger partial charge in [-0.1, -0.05) is 74.5 Å². The second-order valence-corrected chi connectivity index (χ2v) is 9.54. The summed E-state index contributed by atoms with van der Waals surface area (Å²) in [7, 11) is -1.04. The van der Waals surface area contributed by atoms with Gasteiger partial charge in [0.1, 0.15) is 0 Å². The average Bonchev–Trinajstić information content (AvgIpc) is 2.65. The molecule has 0 radical (unpaired) electrons. The van der Waals surface area contributed by atoms with Gasteiger partial charge in [0.15, 0.2) is 0 Å². The predicted molar refractivity (Wildman–Crippen MR) is 106 cm³/mol. The van der Waals surface area contributed by atoms with Crippen LogP contribution in [-0.4, -0.2) is 35.5 Å². The summed E-state index contributed by atoms with van der Waals surface area (Å²) in [6.45, 7) is 6.28. The Morgan fingerprint density at radius 3 is 1.76 bits per heavy atom. The highest BCUT2D eigenvalue weighted by atomic mass is 28.4. The van der Waals surface area contributed by atoms with Crippen LogP contribution >= 0.6 is 0 Å². The van der Waals surface area contributed by atoms with Gasteiger partial charge in [0.05, 0.1) is 13.2 Å². The number of hydrogen-bond donors (Lipinski definition) is 0. The van der Waals surface area contributed by atoms with Crippen molar-refractivity contribution in [2.45, 2.75) is 26.7 Å². The molecule has 0 aliphatic rings. The molecule has 0 atom stereocenters. The summed E-state index contributed by atoms with van der Waals surface area (Å²) in [4.78, 5) is 0. The van der Waals surface area contributed by atoms with Gasteiger partial charge in [0, 0.05) is 13.7 Å². The van der Waals surface area contributed by atoms with Crippen molar-refractivity contribution >= 4 is 18.9 Å². The fourth-order valence-electron chi connectivity index (χ4n) is 2.83. The van der Waals surface area contributed by atoms with Crippen LogP contribution in [0.2, 0.25) is 0 Å². The van der Waals surface area contributed by atoms with Crippen molar-refractivity contribution in [2.75, 3.05) is 26.9 Å². The molecule has 0 fully saturated rings. The molecule has 4 heteroatoms. The van der Waals surface area contributed by atoms with Gasteiger partial charge in [-0.15, -0.1) is 0 Å². The summed E-state index contributed by atoms with van der Waals surface area (Å²) in [5.41, 5.74) is 0. The molecule has 25 heavy (non-hydrogen) atoms. The van der Waals surface area contributed by atoms with Crippen LogP contribution in [0.5, 0.6) is 0 Å². The first-order valence-electron chi connectivity index (χ1n) is 9.07. The molecule has 3 nitrogen and oxygen atoms in total. The van der Waals surface area contributed by atoms with Gasteiger partial charge in [-0.25, -0.2) is 0 Å². The first-order chi connectivity index (χ1) is 12.2. The summed E-state index contributed by atoms with van der Waals surface area (Å²) >= 11 is 0. The summed E-state index contributed by atoms with van der Waals surface area (Å²) < 4.78 is 18.2. The Balaban J connectivity index is 2.31. The van der Waals surface area contributed by atoms with E-state index in [9.17, 15) is 0 Å². The molecule has 0 saturated heterocycles. The van der Waals surface area contributed by atoms with E-state index in [0.717, 1.165) is 23.2 Å². The summed E-state index contributed by atoms with van der Waals surface area (Å²) in [5.74, 6) is 0.683. The molecule has 2 aromatic carbocycles. The molecule has 2 aromatic rings. The van der Waals surface area contributed by atoms with Crippen LogP contribution in [-0.2, 0) is 13.6 Å². The lowest BCUT2D eigenvalue weighted by Crippen LogP contribution is -2.63. The Kier molecular flexibility index (Phi) is 8.35. The smallest absolute Gasteiger partial charge is 0.388 e. The van der Waals surface area contributed by atoms with E-state index in [1.165, 1.54) is 0 Å². The minimum Gasteiger partial charge on any atom is -0.388 e. The van der Waals surface area contributed by atoms with Crippen molar-refractivity contribution in [3.8, 4) is 0 Å². The van der Waals surface area contributed by atoms with Crippen LogP contribution in [0.15, 0.2) is 60.7 Å². The zero-order chi connectivity index (χ0) is 18.0. The zero-order valence-electron chi connectivity index (χ0n) is 15.6. The normalized spacial score (nSPS) is 11.8. The molecule has 0 unspecified atom stereocenters. The molecule has 136 valence electrons. The predicted octanol–water partition coefficient (Wildman–Crippen LogP) is 3.36. The van der Waals surface area contributed by atoms with E-state index < -0.39 is 8.56 Å². The first kappa shape index (κ1) is 19.9. The van der Waals surface area contributed by atoms with E-state index in [1.807, 2.05) is 12.1 Å². The van der Waals surface area contributed by atoms with E-state index in [2.05, 4.69) is 62.4 Å². The Bertz CT molecular complexity index is 547. The average molecular weight is 359 g/mol. The fourth-order valence-corrected chi connectivity index (χ4v) is 5.98. The third-order valence-electron chi connectivity index (χ3n) is 4.13. The molecule has 0 aliphatic heterocycles. The maximum atomic E-state index is 6.56. The number of ether oxygens (including phenoxy) is 1. The summed E-state index contributed by atoms with van der Waals surface area (Å²) in [5, 5.41) is 2.28. The van der Waals surface area contributed by atoms with Gasteiger partial charge in [0.25, 0.3) is 0 Å². The van der Waals surface area contributed by atoms with Crippen LogP contribution in [0.3, 0.4) is 0 Å². The second kappa shape index (κ2) is 10.5. The van der Waals surface area contributed by atoms with E-state index >= 15 is 0 Å². The molecule has 0 aromatic heterocycles. The van der Waals surface area contributed by atoms with Crippen LogP contribution in [0, 0.1) is 5.92 Å². The van der Waals surface area contributed by atoms with Crippen molar-refractivity contribution in [2.24, 2.45) is 5.92 Å². The highest BCUT2D eigenvalue weighted by Crippen LogP contribution is 2.13. The third-order valence-corrected chi connectivity index (χ3v) is 7.54. The van der Waals surface area contributed by atoms with E-state index in [-0.39, 0.29) is 0 Å². The molecular formula is C21H30O3Si. The topological polar surface area (TPSA) is 27.7 Å². The molecule has 0 bridgehead atoms. The van der Waals surface area contributed by atoms with Crippen LogP contribution in [0.4, 0.5) is 0 Å². The van der Waals surface area contributed by atoms with E-state index in [4.69, 9.17) is 13.6 Å². The summed E-state index contributed by atoms with van der Waals surface area (Å²) in [6, 6.07) is 20.7. The minimum absolute atomic E-state index is 0.524. The third kappa shape index (κ3) is 5.78. The molecule has 2 rings (SSSR count). The van der Waals surface area contributed by atoms with Gasteiger partial charge >= 0.3 is 8.56 Å². The minimum atomic E-state index is -2.74. The molecule has 0 heterocycles. The van der Waals surface area contributed by atoms with Gasteiger partial charge in [-0.2, -0.15) is 0 Å². The lowest BCUT2D eigenvalue weighted by Gasteiger charge is -2.31. The molecule has 0 spiro atoms. The Hall–Kier alpha value is -1.46. The molecule has 0 saturated carbocycles. The second-order valence-electron chi connectivity index (χ2n) is 6.57. The maximum absolute atomic E-state index is 6.56. The monoisotopic (exact) mass is 358 g/mol. The lowest BCUT2D eigenvalue weighted by atomic mass is 10.1. The maximum Gasteiger partial charge on any atom is 0.407 e. The Labute approximate surface area is 153 Å². The van der Waals surface area contributed by atoms with Gasteiger partial charge < -0.3 is 13.6 Å². The molecular weight excluding hydrogens is 328 g/mol. The van der Waals surface area contributed by atoms with Crippen LogP contribution in [0.25, 0.3) is 0 Å². The standard InChI is InChI=1S/C21H30O3Si/c1-19(2)11-10-16-23-25(24-18-17-22-3,20-12-6-4-7-13-20)21-14-8-5-9-15-21/h4-9,12-15,19H,10-11,16-18H2,1-3H3. The number of benzene rings is 2. The SMILES string of the molecule is COCCO[Si](OCCCC(C)C)(c1ccccc1)c1ccccc1. The zero-order valence-corrected chi connectivity index (χ0v) is 16.6. The lowest BCUT2D eigenvalue weighted by molar-refractivity contribution is 0.117. The van der Waals surface area contributed by atoms with Crippen molar-refractivity contribution in [3.63, 3.8) is 0 Å². The molecule has 0 N–H and O–H groups in total. The highest BCUT2D eigenvalue weighted by Gasteiger charge is 2.42. The van der Waals surface area contributed by atoms with Crippen LogP contribution < -0.4 is 10.4 Å². The molecule has 0 amide bonds. The van der Waals surface area contributed by atoms with Crippen molar-refractivity contribution < 1.29 is 13.6 Å². The number of hydrogen-bond acceptors (Lipinski definition) is 3. The fraction of sp³-hybridized carbons (Fsp3) is 0.429. The van der Waals surface area contributed by atoms with Crippen molar-refractivity contribution in [1.82, 2.24) is 0 Å². The van der Waals surface area contributed by atoms with Gasteiger partial charge in [-0.3, -0.25) is 0 Å². The Morgan fingerprint density at radius 1 is 0.760 bits per heavy atom. The highest BCUT2D eigenvalue weighted by molar-refractivity contribution is 6.92. The van der Waals surface area contributed by atoms with Crippen molar-refractivity contribution in [1.29, 1.82) is 0 Å². The largest absolute Gasteiger partial charge is 0.407 e. The van der Waals surface area contributed by atoms with E-state index in [1.54, 1.807) is 7.11 Å². The van der Waals surface area contributed by atoms with Crippen LogP contribution in [0.1, 0.15) is 26.7 Å². The summed E-state index contributed by atoms with van der Waals surface area (Å²) in [6.07, 6.45) is 2.20.